The quantitative estimate of drug-likeness (QED) is 0.783. The number of aliphatic carboxylic acids is 1. The SMILES string of the molecule is CN(C1CCCCC1O)S(=O)(=O)c1cnn(CC(=O)O)c1. The Morgan fingerprint density at radius 3 is 2.76 bits per heavy atom. The standard InChI is InChI=1S/C12H19N3O5S/c1-14(10-4-2-3-5-11(10)16)21(19,20)9-6-13-15(7-9)8-12(17)18/h6-7,10-11,16H,2-5,8H2,1H3,(H,17,18). The summed E-state index contributed by atoms with van der Waals surface area (Å²) < 4.78 is 27.2. The summed E-state index contributed by atoms with van der Waals surface area (Å²) in [6.45, 7) is -0.398. The van der Waals surface area contributed by atoms with Crippen LogP contribution in [0, 0.1) is 0 Å². The van der Waals surface area contributed by atoms with E-state index in [1.807, 2.05) is 0 Å². The van der Waals surface area contributed by atoms with Crippen molar-refractivity contribution in [2.75, 3.05) is 7.05 Å². The lowest BCUT2D eigenvalue weighted by molar-refractivity contribution is -0.137. The Balaban J connectivity index is 2.20. The molecular weight excluding hydrogens is 298 g/mol. The number of rotatable bonds is 5. The van der Waals surface area contributed by atoms with E-state index in [0.717, 1.165) is 23.7 Å². The maximum atomic E-state index is 12.5. The number of nitrogens with zero attached hydrogens (tertiary/aromatic N) is 3. The van der Waals surface area contributed by atoms with Crippen molar-refractivity contribution in [3.05, 3.63) is 12.4 Å². The molecule has 1 aromatic heterocycles. The van der Waals surface area contributed by atoms with Gasteiger partial charge in [0, 0.05) is 13.2 Å². The lowest BCUT2D eigenvalue weighted by Gasteiger charge is -2.34. The van der Waals surface area contributed by atoms with Crippen LogP contribution in [0.2, 0.25) is 0 Å². The number of likely N-dealkylation sites (N-methyl/N-ethyl adjacent to an activating group) is 1. The van der Waals surface area contributed by atoms with Gasteiger partial charge in [0.05, 0.1) is 18.3 Å². The minimum absolute atomic E-state index is 0.0657. The third-order valence-corrected chi connectivity index (χ3v) is 5.58. The molecule has 8 nitrogen and oxygen atoms in total. The van der Waals surface area contributed by atoms with Gasteiger partial charge in [-0.3, -0.25) is 9.48 Å². The molecule has 1 fully saturated rings. The number of aliphatic hydroxyl groups excluding tert-OH is 1. The molecule has 2 N–H and O–H groups in total. The molecule has 9 heteroatoms. The van der Waals surface area contributed by atoms with Crippen molar-refractivity contribution < 1.29 is 23.4 Å². The van der Waals surface area contributed by atoms with Gasteiger partial charge >= 0.3 is 5.97 Å². The van der Waals surface area contributed by atoms with Crippen LogP contribution in [0.5, 0.6) is 0 Å². The molecule has 0 amide bonds. The molecule has 2 unspecified atom stereocenters. The van der Waals surface area contributed by atoms with E-state index in [0.29, 0.717) is 12.8 Å². The summed E-state index contributed by atoms with van der Waals surface area (Å²) in [5.74, 6) is -1.10. The molecule has 1 aromatic rings. The number of sulfonamides is 1. The Kier molecular flexibility index (Phi) is 4.64. The normalized spacial score (nSPS) is 23.4. The second-order valence-corrected chi connectivity index (χ2v) is 7.21. The zero-order valence-electron chi connectivity index (χ0n) is 11.7. The first-order valence-electron chi connectivity index (χ1n) is 6.72. The molecule has 2 rings (SSSR count). The van der Waals surface area contributed by atoms with Crippen LogP contribution >= 0.6 is 0 Å². The zero-order valence-corrected chi connectivity index (χ0v) is 12.5. The van der Waals surface area contributed by atoms with Gasteiger partial charge in [-0.1, -0.05) is 12.8 Å². The average Bonchev–Trinajstić information content (AvgIpc) is 2.87. The molecule has 1 heterocycles. The van der Waals surface area contributed by atoms with Crippen molar-refractivity contribution in [2.24, 2.45) is 0 Å². The van der Waals surface area contributed by atoms with Gasteiger partial charge in [0.1, 0.15) is 11.4 Å². The highest BCUT2D eigenvalue weighted by Gasteiger charge is 2.34. The zero-order chi connectivity index (χ0) is 15.6. The first kappa shape index (κ1) is 15.9. The van der Waals surface area contributed by atoms with E-state index >= 15 is 0 Å². The predicted octanol–water partition coefficient (Wildman–Crippen LogP) is -0.108. The van der Waals surface area contributed by atoms with Crippen LogP contribution in [0.1, 0.15) is 25.7 Å². The number of carboxylic acid groups (broad SMARTS) is 1. The number of aromatic nitrogens is 2. The third kappa shape index (κ3) is 3.42. The van der Waals surface area contributed by atoms with Gasteiger partial charge in [-0.05, 0) is 12.8 Å². The molecule has 0 bridgehead atoms. The highest BCUT2D eigenvalue weighted by molar-refractivity contribution is 7.89. The Labute approximate surface area is 123 Å². The van der Waals surface area contributed by atoms with Gasteiger partial charge in [0.25, 0.3) is 0 Å². The van der Waals surface area contributed by atoms with Gasteiger partial charge in [0.2, 0.25) is 10.0 Å². The first-order valence-corrected chi connectivity index (χ1v) is 8.16. The molecule has 1 saturated carbocycles. The lowest BCUT2D eigenvalue weighted by atomic mass is 9.93. The monoisotopic (exact) mass is 317 g/mol. The summed E-state index contributed by atoms with van der Waals surface area (Å²) in [5, 5.41) is 22.4. The number of aliphatic hydroxyl groups is 1. The number of carboxylic acids is 1. The highest BCUT2D eigenvalue weighted by Crippen LogP contribution is 2.26. The van der Waals surface area contributed by atoms with E-state index in [1.165, 1.54) is 17.5 Å². The Morgan fingerprint density at radius 1 is 1.48 bits per heavy atom. The topological polar surface area (TPSA) is 113 Å². The highest BCUT2D eigenvalue weighted by atomic mass is 32.2. The van der Waals surface area contributed by atoms with Crippen LogP contribution in [0.15, 0.2) is 17.3 Å². The molecule has 0 saturated heterocycles. The van der Waals surface area contributed by atoms with Gasteiger partial charge in [-0.25, -0.2) is 8.42 Å². The lowest BCUT2D eigenvalue weighted by Crippen LogP contribution is -2.46. The smallest absolute Gasteiger partial charge is 0.325 e. The van der Waals surface area contributed by atoms with Crippen molar-refractivity contribution in [1.82, 2.24) is 14.1 Å². The molecule has 2 atom stereocenters. The fourth-order valence-electron chi connectivity index (χ4n) is 2.56. The van der Waals surface area contributed by atoms with Gasteiger partial charge in [0.15, 0.2) is 0 Å². The summed E-state index contributed by atoms with van der Waals surface area (Å²) in [6.07, 6.45) is 4.61. The molecule has 1 aliphatic rings. The van der Waals surface area contributed by atoms with Crippen LogP contribution in [0.25, 0.3) is 0 Å². The minimum atomic E-state index is -3.79. The molecular formula is C12H19N3O5S. The van der Waals surface area contributed by atoms with Crippen molar-refractivity contribution in [3.8, 4) is 0 Å². The Morgan fingerprint density at radius 2 is 2.14 bits per heavy atom. The summed E-state index contributed by atoms with van der Waals surface area (Å²) in [5.41, 5.74) is 0. The van der Waals surface area contributed by atoms with Gasteiger partial charge in [-0.2, -0.15) is 9.40 Å². The molecule has 1 aliphatic carbocycles. The van der Waals surface area contributed by atoms with Crippen LogP contribution < -0.4 is 0 Å². The first-order chi connectivity index (χ1) is 9.82. The van der Waals surface area contributed by atoms with Crippen LogP contribution in [0.3, 0.4) is 0 Å². The fraction of sp³-hybridized carbons (Fsp3) is 0.667. The van der Waals surface area contributed by atoms with Gasteiger partial charge in [-0.15, -0.1) is 0 Å². The van der Waals surface area contributed by atoms with Crippen molar-refractivity contribution in [3.63, 3.8) is 0 Å². The van der Waals surface area contributed by atoms with E-state index in [4.69, 9.17) is 5.11 Å². The molecule has 0 radical (unpaired) electrons. The molecule has 118 valence electrons. The van der Waals surface area contributed by atoms with Crippen molar-refractivity contribution >= 4 is 16.0 Å². The second-order valence-electron chi connectivity index (χ2n) is 5.21. The molecule has 0 aliphatic heterocycles. The van der Waals surface area contributed by atoms with Crippen LogP contribution in [-0.2, 0) is 21.4 Å². The van der Waals surface area contributed by atoms with E-state index in [-0.39, 0.29) is 4.90 Å². The molecule has 0 spiro atoms. The third-order valence-electron chi connectivity index (χ3n) is 3.74. The van der Waals surface area contributed by atoms with E-state index in [9.17, 15) is 18.3 Å². The van der Waals surface area contributed by atoms with Crippen LogP contribution in [-0.4, -0.2) is 57.9 Å². The summed E-state index contributed by atoms with van der Waals surface area (Å²) in [7, 11) is -2.36. The fourth-order valence-corrected chi connectivity index (χ4v) is 3.93. The average molecular weight is 317 g/mol. The molecule has 0 aromatic carbocycles. The summed E-state index contributed by atoms with van der Waals surface area (Å²) in [4.78, 5) is 10.5. The maximum Gasteiger partial charge on any atom is 0.325 e. The largest absolute Gasteiger partial charge is 0.480 e. The van der Waals surface area contributed by atoms with E-state index < -0.39 is 34.7 Å². The Bertz CT molecular complexity index is 612. The van der Waals surface area contributed by atoms with Crippen molar-refractivity contribution in [2.45, 2.75) is 49.3 Å². The Hall–Kier alpha value is -1.45. The van der Waals surface area contributed by atoms with Crippen molar-refractivity contribution in [1.29, 1.82) is 0 Å². The van der Waals surface area contributed by atoms with Gasteiger partial charge < -0.3 is 10.2 Å². The van der Waals surface area contributed by atoms with E-state index in [2.05, 4.69) is 5.10 Å². The minimum Gasteiger partial charge on any atom is -0.480 e. The summed E-state index contributed by atoms with van der Waals surface area (Å²) >= 11 is 0. The molecule has 21 heavy (non-hydrogen) atoms. The number of hydrogen-bond donors (Lipinski definition) is 2. The maximum absolute atomic E-state index is 12.5. The van der Waals surface area contributed by atoms with E-state index in [1.54, 1.807) is 0 Å². The number of carbonyl (C=O) groups is 1. The summed E-state index contributed by atoms with van der Waals surface area (Å²) in [6, 6.07) is -0.452. The number of hydrogen-bond acceptors (Lipinski definition) is 5. The second kappa shape index (κ2) is 6.12. The van der Waals surface area contributed by atoms with Crippen LogP contribution in [0.4, 0.5) is 0 Å². The predicted molar refractivity (Wildman–Crippen MR) is 73.1 cm³/mol.